The number of hydrogen-bond donors (Lipinski definition) is 0. The van der Waals surface area contributed by atoms with Gasteiger partial charge in [-0.05, 0) is 50.1 Å². The number of hydrogen-bond acceptors (Lipinski definition) is 0. The fourth-order valence-electron chi connectivity index (χ4n) is 1.76. The summed E-state index contributed by atoms with van der Waals surface area (Å²) in [6, 6.07) is 0. The van der Waals surface area contributed by atoms with E-state index in [1.54, 1.807) is 24.6 Å². The Morgan fingerprint density at radius 2 is 1.25 bits per heavy atom. The molecule has 0 amide bonds. The van der Waals surface area contributed by atoms with Gasteiger partial charge in [0.15, 0.2) is 0 Å². The van der Waals surface area contributed by atoms with Crippen molar-refractivity contribution in [2.75, 3.05) is 30.8 Å². The van der Waals surface area contributed by atoms with Crippen LogP contribution in [-0.4, -0.2) is 30.8 Å². The van der Waals surface area contributed by atoms with Gasteiger partial charge in [0.2, 0.25) is 0 Å². The molecule has 0 saturated heterocycles. The summed E-state index contributed by atoms with van der Waals surface area (Å²) < 4.78 is 0. The first-order chi connectivity index (χ1) is 7.85. The van der Waals surface area contributed by atoms with Crippen molar-refractivity contribution >= 4 is 16.5 Å². The lowest BCUT2D eigenvalue weighted by molar-refractivity contribution is 0.866. The molecule has 0 fully saturated rings. The Labute approximate surface area is 107 Å². The predicted molar refractivity (Wildman–Crippen MR) is 84.3 cm³/mol. The third-order valence-corrected chi connectivity index (χ3v) is 7.45. The van der Waals surface area contributed by atoms with Crippen LogP contribution in [0.25, 0.3) is 0 Å². The van der Waals surface area contributed by atoms with Crippen LogP contribution in [-0.2, 0) is 0 Å². The summed E-state index contributed by atoms with van der Waals surface area (Å²) in [5, 5.41) is 0. The molecule has 0 nitrogen and oxygen atoms in total. The zero-order valence-electron chi connectivity index (χ0n) is 11.7. The van der Waals surface area contributed by atoms with E-state index in [0.29, 0.717) is 7.92 Å². The van der Waals surface area contributed by atoms with Gasteiger partial charge in [-0.15, -0.1) is 16.5 Å². The van der Waals surface area contributed by atoms with E-state index in [2.05, 4.69) is 20.8 Å². The molecule has 0 rings (SSSR count). The molecule has 1 unspecified atom stereocenters. The zero-order valence-corrected chi connectivity index (χ0v) is 13.6. The van der Waals surface area contributed by atoms with Crippen molar-refractivity contribution in [3.63, 3.8) is 0 Å². The lowest BCUT2D eigenvalue weighted by Crippen LogP contribution is -1.97. The quantitative estimate of drug-likeness (QED) is 0.319. The highest BCUT2D eigenvalue weighted by Crippen LogP contribution is 2.39. The average Bonchev–Trinajstić information content (AvgIpc) is 2.31. The molecule has 0 spiro atoms. The fraction of sp³-hybridized carbons (Fsp3) is 1.00. The molecule has 0 aliphatic heterocycles. The highest BCUT2D eigenvalue weighted by Gasteiger charge is 2.06. The summed E-state index contributed by atoms with van der Waals surface area (Å²) in [6.45, 7) is 6.96. The molecule has 0 bridgehead atoms. The summed E-state index contributed by atoms with van der Waals surface area (Å²) in [4.78, 5) is 0. The topological polar surface area (TPSA) is 0 Å². The van der Waals surface area contributed by atoms with Gasteiger partial charge in [0, 0.05) is 0 Å². The van der Waals surface area contributed by atoms with Crippen molar-refractivity contribution in [1.29, 1.82) is 0 Å². The third-order valence-electron chi connectivity index (χ3n) is 2.97. The standard InChI is InChI=1S/C14H32P2/c1-4-7-10-15-11-14-16(12-8-5-2)13-9-6-3/h15H,4-14H2,1-3H3. The molecule has 0 aromatic carbocycles. The Morgan fingerprint density at radius 1 is 0.688 bits per heavy atom. The minimum absolute atomic E-state index is 0.414. The molecule has 0 aromatic heterocycles. The summed E-state index contributed by atoms with van der Waals surface area (Å²) in [7, 11) is 1.67. The molecule has 1 atom stereocenters. The van der Waals surface area contributed by atoms with Crippen LogP contribution in [0.15, 0.2) is 0 Å². The Balaban J connectivity index is 3.48. The van der Waals surface area contributed by atoms with E-state index in [1.807, 2.05) is 0 Å². The van der Waals surface area contributed by atoms with Gasteiger partial charge in [-0.25, -0.2) is 0 Å². The highest BCUT2D eigenvalue weighted by atomic mass is 31.1. The Hall–Kier alpha value is 0.860. The second-order valence-electron chi connectivity index (χ2n) is 4.65. The molecule has 0 saturated carbocycles. The molecule has 98 valence electrons. The second kappa shape index (κ2) is 13.9. The van der Waals surface area contributed by atoms with Gasteiger partial charge in [0.05, 0.1) is 0 Å². The van der Waals surface area contributed by atoms with Gasteiger partial charge in [0.25, 0.3) is 0 Å². The summed E-state index contributed by atoms with van der Waals surface area (Å²) in [6.07, 6.45) is 16.3. The van der Waals surface area contributed by atoms with E-state index < -0.39 is 0 Å². The third kappa shape index (κ3) is 11.3. The van der Waals surface area contributed by atoms with Crippen LogP contribution in [0, 0.1) is 0 Å². The molecule has 0 heterocycles. The van der Waals surface area contributed by atoms with E-state index in [1.165, 1.54) is 53.3 Å². The molecule has 0 N–H and O–H groups in total. The van der Waals surface area contributed by atoms with Crippen molar-refractivity contribution in [2.24, 2.45) is 0 Å². The van der Waals surface area contributed by atoms with Gasteiger partial charge in [-0.1, -0.05) is 40.0 Å². The summed E-state index contributed by atoms with van der Waals surface area (Å²) in [5.41, 5.74) is 0. The first-order valence-electron chi connectivity index (χ1n) is 7.28. The van der Waals surface area contributed by atoms with E-state index >= 15 is 0 Å². The number of unbranched alkanes of at least 4 members (excludes halogenated alkanes) is 3. The van der Waals surface area contributed by atoms with E-state index in [4.69, 9.17) is 0 Å². The molecule has 0 aromatic rings. The lowest BCUT2D eigenvalue weighted by atomic mass is 10.4. The van der Waals surface area contributed by atoms with Crippen LogP contribution in [0.5, 0.6) is 0 Å². The predicted octanol–water partition coefficient (Wildman–Crippen LogP) is 5.55. The van der Waals surface area contributed by atoms with Gasteiger partial charge >= 0.3 is 0 Å². The van der Waals surface area contributed by atoms with Crippen LogP contribution in [0.2, 0.25) is 0 Å². The Morgan fingerprint density at radius 3 is 1.75 bits per heavy atom. The maximum Gasteiger partial charge on any atom is -0.0289 e. The van der Waals surface area contributed by atoms with Crippen molar-refractivity contribution in [3.8, 4) is 0 Å². The van der Waals surface area contributed by atoms with Crippen molar-refractivity contribution in [1.82, 2.24) is 0 Å². The van der Waals surface area contributed by atoms with Crippen molar-refractivity contribution in [2.45, 2.75) is 59.3 Å². The molecular weight excluding hydrogens is 230 g/mol. The maximum atomic E-state index is 2.33. The van der Waals surface area contributed by atoms with Gasteiger partial charge < -0.3 is 0 Å². The maximum absolute atomic E-state index is 2.33. The first kappa shape index (κ1) is 16.9. The van der Waals surface area contributed by atoms with Gasteiger partial charge in [0.1, 0.15) is 0 Å². The Bertz CT molecular complexity index is 118. The van der Waals surface area contributed by atoms with Crippen LogP contribution in [0.1, 0.15) is 59.3 Å². The van der Waals surface area contributed by atoms with Gasteiger partial charge in [-0.2, -0.15) is 0 Å². The van der Waals surface area contributed by atoms with Crippen LogP contribution >= 0.6 is 16.5 Å². The summed E-state index contributed by atoms with van der Waals surface area (Å²) >= 11 is 0. The molecule has 0 radical (unpaired) electrons. The highest BCUT2D eigenvalue weighted by molar-refractivity contribution is 7.58. The van der Waals surface area contributed by atoms with Crippen molar-refractivity contribution < 1.29 is 0 Å². The number of rotatable bonds is 12. The van der Waals surface area contributed by atoms with Crippen molar-refractivity contribution in [3.05, 3.63) is 0 Å². The average molecular weight is 262 g/mol. The molecule has 16 heavy (non-hydrogen) atoms. The van der Waals surface area contributed by atoms with Gasteiger partial charge in [-0.3, -0.25) is 0 Å². The Kier molecular flexibility index (Phi) is 14.7. The van der Waals surface area contributed by atoms with Crippen LogP contribution < -0.4 is 0 Å². The van der Waals surface area contributed by atoms with E-state index in [9.17, 15) is 0 Å². The molecule has 0 aliphatic carbocycles. The molecule has 2 heteroatoms. The lowest BCUT2D eigenvalue weighted by Gasteiger charge is -2.17. The molecule has 0 aliphatic rings. The van der Waals surface area contributed by atoms with E-state index in [-0.39, 0.29) is 0 Å². The van der Waals surface area contributed by atoms with Crippen LogP contribution in [0.4, 0.5) is 0 Å². The SMILES string of the molecule is CCCCPCCP(CCCC)CCCC. The fourth-order valence-corrected chi connectivity index (χ4v) is 6.71. The van der Waals surface area contributed by atoms with Crippen LogP contribution in [0.3, 0.4) is 0 Å². The second-order valence-corrected chi connectivity index (χ2v) is 8.84. The minimum Gasteiger partial charge on any atom is -0.122 e. The van der Waals surface area contributed by atoms with E-state index in [0.717, 1.165) is 0 Å². The first-order valence-corrected chi connectivity index (χ1v) is 10.6. The largest absolute Gasteiger partial charge is 0.122 e. The summed E-state index contributed by atoms with van der Waals surface area (Å²) in [5.74, 6) is 0. The minimum atomic E-state index is 0.414. The molecular formula is C14H32P2. The monoisotopic (exact) mass is 262 g/mol. The zero-order chi connectivity index (χ0) is 12.1. The normalized spacial score (nSPS) is 12.0. The smallest absolute Gasteiger partial charge is 0.0289 e.